The summed E-state index contributed by atoms with van der Waals surface area (Å²) in [6, 6.07) is 0. The molecule has 0 radical (unpaired) electrons. The van der Waals surface area contributed by atoms with Gasteiger partial charge in [0.15, 0.2) is 0 Å². The molecule has 638 valence electrons. The van der Waals surface area contributed by atoms with Crippen molar-refractivity contribution in [2.24, 2.45) is 249 Å². The molecule has 28 saturated carbocycles. The predicted octanol–water partition coefficient (Wildman–Crippen LogP) is 33.8. The monoisotopic (exact) mass is 1530 g/mol. The lowest BCUT2D eigenvalue weighted by Gasteiger charge is -2.46. The van der Waals surface area contributed by atoms with Crippen molar-refractivity contribution < 1.29 is 0 Å². The lowest BCUT2D eigenvalue weighted by Crippen LogP contribution is -2.36. The Hall–Kier alpha value is 0. The first-order valence-corrected chi connectivity index (χ1v) is 53.7. The highest BCUT2D eigenvalue weighted by Crippen LogP contribution is 2.63. The van der Waals surface area contributed by atoms with Crippen LogP contribution in [0.4, 0.5) is 0 Å². The summed E-state index contributed by atoms with van der Waals surface area (Å²) in [6.45, 7) is 33.7. The van der Waals surface area contributed by atoms with E-state index in [4.69, 9.17) is 0 Å². The van der Waals surface area contributed by atoms with Gasteiger partial charge in [-0.3, -0.25) is 0 Å². The number of hydrogen-bond donors (Lipinski definition) is 0. The van der Waals surface area contributed by atoms with Crippen molar-refractivity contribution in [2.75, 3.05) is 0 Å². The van der Waals surface area contributed by atoms with Crippen molar-refractivity contribution in [3.8, 4) is 0 Å². The second-order valence-electron chi connectivity index (χ2n) is 49.8. The standard InChI is InChI=1S/2C10H18.2C9H16.5C8H14.3C7H12.2C6H10/c1-8-6-9-4-2-3-5-10(9)7-8;1-8-6-7-9-4-2-3-5-10(8)9;1-7-2-3-8-4-5-9(8)6-7;1-7-6-8-4-2-3-5-9(7)8;1-6-4-7-2-3-8(7)5-6;1-6-2-3-7-5-8(7)4-6;1-6-2-3-7-4-5-8(6)7;1-6-3-2-4-7-5-8(6)7;1-6-7-4-2-3-5-8(6)7;1-5-2-6-4-7(6)3-5;1-5-2-3-6-4-7(5)6;1-5-6-3-2-4-7(5)6;1-4-2-5-3-6(4)5;1-4-5-2-3-6(4)5/h2*8-10H,2-7H2,1H3;2*7-9H,2-6H2,1H3;5*6-8H,2-5H2,1H3;3*5-7H,2-4H2,1H3;2*4-6H,2-3H2,1H3. The number of fused-ring (bicyclic) bond motifs is 14. The highest BCUT2D eigenvalue weighted by Gasteiger charge is 2.54. The van der Waals surface area contributed by atoms with Crippen LogP contribution in [-0.2, 0) is 0 Å². The molecule has 28 aliphatic carbocycles. The lowest BCUT2D eigenvalue weighted by molar-refractivity contribution is 0.0421. The molecule has 0 spiro atoms. The summed E-state index contributed by atoms with van der Waals surface area (Å²) in [5.41, 5.74) is 0. The molecule has 0 N–H and O–H groups in total. The van der Waals surface area contributed by atoms with Gasteiger partial charge in [0.05, 0.1) is 0 Å². The van der Waals surface area contributed by atoms with E-state index in [1.807, 2.05) is 0 Å². The molecule has 0 nitrogen and oxygen atoms in total. The van der Waals surface area contributed by atoms with Crippen molar-refractivity contribution in [3.05, 3.63) is 0 Å². The van der Waals surface area contributed by atoms with Crippen LogP contribution in [0.25, 0.3) is 0 Å². The maximum atomic E-state index is 2.45. The van der Waals surface area contributed by atoms with Gasteiger partial charge in [0.25, 0.3) is 0 Å². The Morgan fingerprint density at radius 1 is 0.108 bits per heavy atom. The molecule has 0 saturated heterocycles. The summed E-state index contributed by atoms with van der Waals surface area (Å²) in [6.07, 6.45) is 84.8. The molecular formula is C111H194. The first-order valence-electron chi connectivity index (χ1n) is 53.7. The first kappa shape index (κ1) is 86.0. The smallest absolute Gasteiger partial charge is 0.0355 e. The van der Waals surface area contributed by atoms with Gasteiger partial charge >= 0.3 is 0 Å². The molecule has 0 aliphatic heterocycles. The van der Waals surface area contributed by atoms with E-state index in [0.29, 0.717) is 0 Å². The Labute approximate surface area is 694 Å². The number of hydrogen-bond acceptors (Lipinski definition) is 0. The fourth-order valence-corrected chi connectivity index (χ4v) is 32.3. The molecule has 0 aromatic carbocycles. The topological polar surface area (TPSA) is 0 Å². The van der Waals surface area contributed by atoms with E-state index in [1.165, 1.54) is 221 Å². The van der Waals surface area contributed by atoms with Crippen LogP contribution in [0.1, 0.15) is 450 Å². The summed E-state index contributed by atoms with van der Waals surface area (Å²) in [4.78, 5) is 0. The molecule has 0 amide bonds. The second kappa shape index (κ2) is 39.9. The number of rotatable bonds is 0. The normalized spacial score (nSPS) is 53.1. The summed E-state index contributed by atoms with van der Waals surface area (Å²) in [5, 5.41) is 0. The molecule has 111 heavy (non-hydrogen) atoms. The summed E-state index contributed by atoms with van der Waals surface area (Å²) < 4.78 is 0. The fourth-order valence-electron chi connectivity index (χ4n) is 32.3. The van der Waals surface area contributed by atoms with Crippen LogP contribution in [0.15, 0.2) is 0 Å². The Morgan fingerprint density at radius 3 is 0.658 bits per heavy atom. The van der Waals surface area contributed by atoms with Gasteiger partial charge in [0.1, 0.15) is 0 Å². The van der Waals surface area contributed by atoms with Crippen LogP contribution in [0.5, 0.6) is 0 Å². The minimum atomic E-state index is 1.05. The molecule has 0 heterocycles. The zero-order valence-corrected chi connectivity index (χ0v) is 77.1. The quantitative estimate of drug-likeness (QED) is 0.227. The van der Waals surface area contributed by atoms with Gasteiger partial charge in [0.2, 0.25) is 0 Å². The molecule has 28 aliphatic rings. The Kier molecular flexibility index (Phi) is 30.9. The van der Waals surface area contributed by atoms with Crippen molar-refractivity contribution >= 4 is 0 Å². The third kappa shape index (κ3) is 23.6. The molecule has 0 heteroatoms. The molecule has 0 bridgehead atoms. The van der Waals surface area contributed by atoms with Crippen LogP contribution >= 0.6 is 0 Å². The van der Waals surface area contributed by atoms with E-state index in [1.54, 1.807) is 250 Å². The zero-order valence-electron chi connectivity index (χ0n) is 77.1. The fraction of sp³-hybridized carbons (Fsp3) is 1.00. The van der Waals surface area contributed by atoms with Crippen LogP contribution in [-0.4, -0.2) is 0 Å². The SMILES string of the molecule is CC1C2CCC12.CC1C2CCCC12.CC1C2CCCCC12.CC1CC2CC12.CC1CC2CC2C1.CC1CC2CCC2C1.CC1CC2CCCCC12.CC1CC2CCCCC2C1.CC1CCC2CC12.CC1CCC2CC2C1.CC1CCC2CCC12.CC1CCC2CCC2C1.CC1CCC2CCCCC12.CC1CCCC2CC12. The lowest BCUT2D eigenvalue weighted by atomic mass is 9.59. The average Bonchev–Trinajstić information content (AvgIpc) is 1.56. The third-order valence-corrected chi connectivity index (χ3v) is 41.9. The summed E-state index contributed by atoms with van der Waals surface area (Å²) in [7, 11) is 0. The van der Waals surface area contributed by atoms with Crippen molar-refractivity contribution in [3.63, 3.8) is 0 Å². The van der Waals surface area contributed by atoms with Gasteiger partial charge in [0, 0.05) is 0 Å². The Morgan fingerprint density at radius 2 is 0.351 bits per heavy atom. The van der Waals surface area contributed by atoms with Crippen molar-refractivity contribution in [1.82, 2.24) is 0 Å². The third-order valence-electron chi connectivity index (χ3n) is 41.9. The minimum absolute atomic E-state index is 1.05. The molecular weight excluding hydrogens is 1330 g/mol. The van der Waals surface area contributed by atoms with Crippen LogP contribution in [0.3, 0.4) is 0 Å². The van der Waals surface area contributed by atoms with E-state index < -0.39 is 0 Å². The average molecular weight is 1530 g/mol. The van der Waals surface area contributed by atoms with Crippen LogP contribution in [0.2, 0.25) is 0 Å². The summed E-state index contributed by atoms with van der Waals surface area (Å²) >= 11 is 0. The maximum absolute atomic E-state index is 2.45. The van der Waals surface area contributed by atoms with Gasteiger partial charge in [-0.05, 0) is 467 Å². The Bertz CT molecular complexity index is 2600. The summed E-state index contributed by atoms with van der Waals surface area (Å²) in [5.74, 6) is 48.0. The minimum Gasteiger partial charge on any atom is -0.0625 e. The van der Waals surface area contributed by atoms with Gasteiger partial charge < -0.3 is 0 Å². The van der Waals surface area contributed by atoms with E-state index in [0.717, 1.165) is 130 Å². The zero-order chi connectivity index (χ0) is 77.1. The van der Waals surface area contributed by atoms with E-state index in [-0.39, 0.29) is 0 Å². The first-order chi connectivity index (χ1) is 53.7. The van der Waals surface area contributed by atoms with Crippen LogP contribution < -0.4 is 0 Å². The molecule has 36 unspecified atom stereocenters. The van der Waals surface area contributed by atoms with E-state index in [2.05, 4.69) is 96.9 Å². The van der Waals surface area contributed by atoms with Crippen molar-refractivity contribution in [1.29, 1.82) is 0 Å². The predicted molar refractivity (Wildman–Crippen MR) is 480 cm³/mol. The van der Waals surface area contributed by atoms with Crippen molar-refractivity contribution in [2.45, 2.75) is 450 Å². The largest absolute Gasteiger partial charge is 0.0625 e. The molecule has 28 fully saturated rings. The maximum Gasteiger partial charge on any atom is -0.0355 e. The second-order valence-corrected chi connectivity index (χ2v) is 49.8. The van der Waals surface area contributed by atoms with E-state index in [9.17, 15) is 0 Å². The van der Waals surface area contributed by atoms with Gasteiger partial charge in [-0.25, -0.2) is 0 Å². The van der Waals surface area contributed by atoms with Gasteiger partial charge in [-0.2, -0.15) is 0 Å². The van der Waals surface area contributed by atoms with Crippen LogP contribution in [0, 0.1) is 249 Å². The molecule has 0 aromatic rings. The highest BCUT2D eigenvalue weighted by atomic mass is 14.6. The molecule has 36 atom stereocenters. The van der Waals surface area contributed by atoms with Gasteiger partial charge in [-0.15, -0.1) is 0 Å². The molecule has 0 aromatic heterocycles. The highest BCUT2D eigenvalue weighted by molar-refractivity contribution is 5.04. The van der Waals surface area contributed by atoms with Gasteiger partial charge in [-0.1, -0.05) is 232 Å². The Balaban J connectivity index is 0.0000000949. The van der Waals surface area contributed by atoms with E-state index >= 15 is 0 Å². The molecule has 28 rings (SSSR count).